The lowest BCUT2D eigenvalue weighted by atomic mass is 9.85. The van der Waals surface area contributed by atoms with Gasteiger partial charge in [0.1, 0.15) is 0 Å². The lowest BCUT2D eigenvalue weighted by Gasteiger charge is -2.14. The number of amides is 3. The normalized spacial score (nSPS) is 24.4. The number of aryl methyl sites for hydroxylation is 2. The Bertz CT molecular complexity index is 742. The predicted octanol–water partition coefficient (Wildman–Crippen LogP) is 2.46. The molecule has 5 heteroatoms. The van der Waals surface area contributed by atoms with Gasteiger partial charge in [-0.1, -0.05) is 18.2 Å². The fraction of sp³-hybridized carbons (Fsp3) is 0.450. The smallest absolute Gasteiger partial charge is 0.233 e. The first-order chi connectivity index (χ1) is 12.1. The molecule has 1 aromatic carbocycles. The number of anilines is 1. The van der Waals surface area contributed by atoms with Crippen LogP contribution in [0.3, 0.4) is 0 Å². The summed E-state index contributed by atoms with van der Waals surface area (Å²) in [5.74, 6) is -0.851. The molecule has 3 amide bonds. The monoisotopic (exact) mass is 338 g/mol. The van der Waals surface area contributed by atoms with Crippen LogP contribution < -0.4 is 5.32 Å². The highest BCUT2D eigenvalue weighted by Gasteiger charge is 2.46. The van der Waals surface area contributed by atoms with Crippen molar-refractivity contribution in [1.82, 2.24) is 4.90 Å². The number of nitrogens with one attached hydrogen (secondary N) is 1. The van der Waals surface area contributed by atoms with Gasteiger partial charge in [0.15, 0.2) is 0 Å². The lowest BCUT2D eigenvalue weighted by Crippen LogP contribution is -2.34. The van der Waals surface area contributed by atoms with Crippen molar-refractivity contribution in [2.45, 2.75) is 38.5 Å². The van der Waals surface area contributed by atoms with E-state index < -0.39 is 0 Å². The zero-order valence-corrected chi connectivity index (χ0v) is 14.2. The molecule has 5 nitrogen and oxygen atoms in total. The number of carbonyl (C=O) groups is 3. The summed E-state index contributed by atoms with van der Waals surface area (Å²) in [6.45, 7) is 0.168. The second kappa shape index (κ2) is 6.47. The number of rotatable bonds is 4. The highest BCUT2D eigenvalue weighted by atomic mass is 16.2. The molecule has 2 aliphatic carbocycles. The minimum atomic E-state index is -0.225. The fourth-order valence-corrected chi connectivity index (χ4v) is 4.18. The number of carbonyl (C=O) groups excluding carboxylic acids is 3. The summed E-state index contributed by atoms with van der Waals surface area (Å²) >= 11 is 0. The van der Waals surface area contributed by atoms with Crippen LogP contribution in [0, 0.1) is 11.8 Å². The van der Waals surface area contributed by atoms with Gasteiger partial charge in [0.05, 0.1) is 11.8 Å². The average molecular weight is 338 g/mol. The molecule has 0 unspecified atom stereocenters. The molecule has 130 valence electrons. The Balaban J connectivity index is 1.34. The van der Waals surface area contributed by atoms with Crippen LogP contribution in [0.4, 0.5) is 5.69 Å². The summed E-state index contributed by atoms with van der Waals surface area (Å²) in [6.07, 6.45) is 8.68. The summed E-state index contributed by atoms with van der Waals surface area (Å²) < 4.78 is 0. The van der Waals surface area contributed by atoms with Gasteiger partial charge < -0.3 is 5.32 Å². The van der Waals surface area contributed by atoms with E-state index in [1.165, 1.54) is 22.4 Å². The van der Waals surface area contributed by atoms with Crippen molar-refractivity contribution in [2.75, 3.05) is 11.9 Å². The molecule has 1 saturated heterocycles. The minimum absolute atomic E-state index is 0.121. The molecule has 4 rings (SSSR count). The maximum Gasteiger partial charge on any atom is 0.233 e. The van der Waals surface area contributed by atoms with Crippen LogP contribution in [-0.4, -0.2) is 29.2 Å². The Morgan fingerprint density at radius 2 is 1.72 bits per heavy atom. The van der Waals surface area contributed by atoms with E-state index in [1.807, 2.05) is 24.3 Å². The molecular formula is C20H22N2O3. The molecule has 0 spiro atoms. The van der Waals surface area contributed by atoms with Gasteiger partial charge in [-0.15, -0.1) is 0 Å². The first-order valence-electron chi connectivity index (χ1n) is 9.05. The third-order valence-electron chi connectivity index (χ3n) is 5.54. The van der Waals surface area contributed by atoms with E-state index in [9.17, 15) is 14.4 Å². The molecule has 1 N–H and O–H groups in total. The standard InChI is InChI=1S/C20H22N2O3/c23-18(21-15-9-8-13-4-3-5-14(13)12-15)10-11-22-19(24)16-6-1-2-7-17(16)20(22)25/h1-2,8-9,12,16-17H,3-7,10-11H2,(H,21,23)/t16-,17-/m0/s1. The number of allylic oxidation sites excluding steroid dienone is 2. The lowest BCUT2D eigenvalue weighted by molar-refractivity contribution is -0.140. The highest BCUT2D eigenvalue weighted by Crippen LogP contribution is 2.35. The third-order valence-corrected chi connectivity index (χ3v) is 5.54. The van der Waals surface area contributed by atoms with Gasteiger partial charge in [-0.05, 0) is 55.4 Å². The van der Waals surface area contributed by atoms with E-state index in [0.717, 1.165) is 18.5 Å². The summed E-state index contributed by atoms with van der Waals surface area (Å²) in [6, 6.07) is 6.03. The van der Waals surface area contributed by atoms with Crippen molar-refractivity contribution >= 4 is 23.4 Å². The van der Waals surface area contributed by atoms with Gasteiger partial charge in [-0.2, -0.15) is 0 Å². The Kier molecular flexibility index (Phi) is 4.15. The van der Waals surface area contributed by atoms with E-state index in [0.29, 0.717) is 12.8 Å². The second-order valence-corrected chi connectivity index (χ2v) is 7.12. The quantitative estimate of drug-likeness (QED) is 0.677. The fourth-order valence-electron chi connectivity index (χ4n) is 4.18. The van der Waals surface area contributed by atoms with Crippen LogP contribution in [0.5, 0.6) is 0 Å². The largest absolute Gasteiger partial charge is 0.326 e. The first kappa shape index (κ1) is 16.1. The summed E-state index contributed by atoms with van der Waals surface area (Å²) in [7, 11) is 0. The van der Waals surface area contributed by atoms with Crippen molar-refractivity contribution in [1.29, 1.82) is 0 Å². The zero-order chi connectivity index (χ0) is 17.4. The first-order valence-corrected chi connectivity index (χ1v) is 9.05. The third kappa shape index (κ3) is 2.99. The molecule has 3 aliphatic rings. The predicted molar refractivity (Wildman–Crippen MR) is 93.8 cm³/mol. The van der Waals surface area contributed by atoms with E-state index >= 15 is 0 Å². The number of hydrogen-bond acceptors (Lipinski definition) is 3. The molecule has 0 radical (unpaired) electrons. The Morgan fingerprint density at radius 3 is 2.44 bits per heavy atom. The van der Waals surface area contributed by atoms with Crippen LogP contribution in [0.15, 0.2) is 30.4 Å². The Labute approximate surface area is 147 Å². The van der Waals surface area contributed by atoms with Crippen LogP contribution >= 0.6 is 0 Å². The minimum Gasteiger partial charge on any atom is -0.326 e. The highest BCUT2D eigenvalue weighted by molar-refractivity contribution is 6.05. The summed E-state index contributed by atoms with van der Waals surface area (Å²) in [5, 5.41) is 2.89. The molecular weight excluding hydrogens is 316 g/mol. The maximum atomic E-state index is 12.4. The maximum absolute atomic E-state index is 12.4. The van der Waals surface area contributed by atoms with Gasteiger partial charge in [-0.25, -0.2) is 0 Å². The number of nitrogens with zero attached hydrogens (tertiary/aromatic N) is 1. The van der Waals surface area contributed by atoms with Crippen molar-refractivity contribution < 1.29 is 14.4 Å². The number of likely N-dealkylation sites (tertiary alicyclic amines) is 1. The molecule has 25 heavy (non-hydrogen) atoms. The molecule has 2 atom stereocenters. The number of benzene rings is 1. The van der Waals surface area contributed by atoms with E-state index in [4.69, 9.17) is 0 Å². The second-order valence-electron chi connectivity index (χ2n) is 7.12. The molecule has 1 heterocycles. The number of imide groups is 1. The van der Waals surface area contributed by atoms with Crippen LogP contribution in [0.25, 0.3) is 0 Å². The zero-order valence-electron chi connectivity index (χ0n) is 14.2. The van der Waals surface area contributed by atoms with Gasteiger partial charge in [0.2, 0.25) is 17.7 Å². The summed E-state index contributed by atoms with van der Waals surface area (Å²) in [5.41, 5.74) is 3.46. The average Bonchev–Trinajstić information content (AvgIpc) is 3.17. The SMILES string of the molecule is O=C(CCN1C(=O)[C@H]2CC=CC[C@@H]2C1=O)Nc1ccc2c(c1)CCC2. The van der Waals surface area contributed by atoms with Crippen molar-refractivity contribution in [3.05, 3.63) is 41.5 Å². The Morgan fingerprint density at radius 1 is 1.04 bits per heavy atom. The van der Waals surface area contributed by atoms with Gasteiger partial charge in [-0.3, -0.25) is 19.3 Å². The Hall–Kier alpha value is -2.43. The van der Waals surface area contributed by atoms with Gasteiger partial charge in [0.25, 0.3) is 0 Å². The van der Waals surface area contributed by atoms with Gasteiger partial charge >= 0.3 is 0 Å². The van der Waals surface area contributed by atoms with E-state index in [2.05, 4.69) is 11.4 Å². The van der Waals surface area contributed by atoms with Crippen LogP contribution in [-0.2, 0) is 27.2 Å². The topological polar surface area (TPSA) is 66.5 Å². The molecule has 0 bridgehead atoms. The van der Waals surface area contributed by atoms with Gasteiger partial charge in [0, 0.05) is 18.7 Å². The molecule has 1 aliphatic heterocycles. The van der Waals surface area contributed by atoms with Crippen LogP contribution in [0.1, 0.15) is 36.8 Å². The van der Waals surface area contributed by atoms with E-state index in [1.54, 1.807) is 0 Å². The van der Waals surface area contributed by atoms with Crippen LogP contribution in [0.2, 0.25) is 0 Å². The molecule has 0 saturated carbocycles. The summed E-state index contributed by atoms with van der Waals surface area (Å²) in [4.78, 5) is 38.3. The number of fused-ring (bicyclic) bond motifs is 2. The van der Waals surface area contributed by atoms with Crippen molar-refractivity contribution in [3.8, 4) is 0 Å². The number of hydrogen-bond donors (Lipinski definition) is 1. The molecule has 1 fully saturated rings. The molecule has 0 aromatic heterocycles. The van der Waals surface area contributed by atoms with Crippen molar-refractivity contribution in [3.63, 3.8) is 0 Å². The van der Waals surface area contributed by atoms with Crippen molar-refractivity contribution in [2.24, 2.45) is 11.8 Å². The van der Waals surface area contributed by atoms with E-state index in [-0.39, 0.29) is 42.5 Å². The molecule has 1 aromatic rings.